The number of piperidine rings is 1. The van der Waals surface area contributed by atoms with Crippen LogP contribution in [0.5, 0.6) is 0 Å². The van der Waals surface area contributed by atoms with Gasteiger partial charge in [0.15, 0.2) is 5.78 Å². The Hall–Kier alpha value is -1.56. The number of ketones is 1. The van der Waals surface area contributed by atoms with Crippen LogP contribution in [0.25, 0.3) is 0 Å². The number of carbonyl (C=O) groups excluding carboxylic acids is 2. The number of thiophene rings is 1. The van der Waals surface area contributed by atoms with Gasteiger partial charge in [0.1, 0.15) is 5.00 Å². The van der Waals surface area contributed by atoms with Crippen LogP contribution >= 0.6 is 11.3 Å². The number of anilines is 2. The van der Waals surface area contributed by atoms with Crippen molar-refractivity contribution in [1.82, 2.24) is 0 Å². The van der Waals surface area contributed by atoms with E-state index in [4.69, 9.17) is 11.5 Å². The minimum atomic E-state index is -0.556. The first-order chi connectivity index (χ1) is 9.45. The standard InChI is InChI=1S/C14H21N3O2S/c1-3-9-5-4-6-17(7-9)14-10(13(16)19)11(15)12(20-14)8(2)18/h9H,3-7,15H2,1-2H3,(H2,16,19). The second-order valence-corrected chi connectivity index (χ2v) is 6.31. The number of rotatable bonds is 4. The van der Waals surface area contributed by atoms with E-state index in [1.807, 2.05) is 0 Å². The molecule has 6 heteroatoms. The Bertz CT molecular complexity index is 539. The maximum atomic E-state index is 11.7. The topological polar surface area (TPSA) is 89.4 Å². The number of Topliss-reactive ketones (excluding diaryl/α,β-unsaturated/α-hetero) is 1. The van der Waals surface area contributed by atoms with Gasteiger partial charge in [0.25, 0.3) is 5.91 Å². The van der Waals surface area contributed by atoms with Gasteiger partial charge in [-0.2, -0.15) is 0 Å². The van der Waals surface area contributed by atoms with E-state index in [2.05, 4.69) is 11.8 Å². The lowest BCUT2D eigenvalue weighted by atomic mass is 9.95. The van der Waals surface area contributed by atoms with Crippen LogP contribution in [-0.4, -0.2) is 24.8 Å². The number of carbonyl (C=O) groups is 2. The van der Waals surface area contributed by atoms with Gasteiger partial charge in [0, 0.05) is 20.0 Å². The lowest BCUT2D eigenvalue weighted by Crippen LogP contribution is -2.35. The molecule has 4 N–H and O–H groups in total. The van der Waals surface area contributed by atoms with E-state index in [0.717, 1.165) is 30.9 Å². The zero-order valence-electron chi connectivity index (χ0n) is 11.9. The summed E-state index contributed by atoms with van der Waals surface area (Å²) in [7, 11) is 0. The van der Waals surface area contributed by atoms with Crippen molar-refractivity contribution in [2.75, 3.05) is 23.7 Å². The summed E-state index contributed by atoms with van der Waals surface area (Å²) >= 11 is 1.29. The monoisotopic (exact) mass is 295 g/mol. The van der Waals surface area contributed by atoms with E-state index in [9.17, 15) is 9.59 Å². The molecule has 1 aliphatic heterocycles. The Labute approximate surface area is 122 Å². The minimum absolute atomic E-state index is 0.120. The van der Waals surface area contributed by atoms with Crippen LogP contribution in [0.1, 0.15) is 53.1 Å². The van der Waals surface area contributed by atoms with Crippen molar-refractivity contribution in [3.63, 3.8) is 0 Å². The summed E-state index contributed by atoms with van der Waals surface area (Å²) in [5.41, 5.74) is 12.0. The van der Waals surface area contributed by atoms with E-state index >= 15 is 0 Å². The van der Waals surface area contributed by atoms with Gasteiger partial charge in [-0.15, -0.1) is 11.3 Å². The second-order valence-electron chi connectivity index (χ2n) is 5.31. The zero-order chi connectivity index (χ0) is 14.9. The molecule has 0 saturated carbocycles. The normalized spacial score (nSPS) is 19.1. The van der Waals surface area contributed by atoms with Crippen molar-refractivity contribution in [1.29, 1.82) is 0 Å². The van der Waals surface area contributed by atoms with Crippen LogP contribution in [0, 0.1) is 5.92 Å². The molecule has 5 nitrogen and oxygen atoms in total. The molecule has 20 heavy (non-hydrogen) atoms. The maximum absolute atomic E-state index is 11.7. The fourth-order valence-corrected chi connectivity index (χ4v) is 3.89. The van der Waals surface area contributed by atoms with E-state index < -0.39 is 5.91 Å². The van der Waals surface area contributed by atoms with Crippen LogP contribution < -0.4 is 16.4 Å². The molecule has 0 radical (unpaired) electrons. The van der Waals surface area contributed by atoms with Gasteiger partial charge in [-0.1, -0.05) is 13.3 Å². The molecule has 0 bridgehead atoms. The average molecular weight is 295 g/mol. The van der Waals surface area contributed by atoms with Crippen molar-refractivity contribution in [2.24, 2.45) is 11.7 Å². The number of nitrogens with zero attached hydrogens (tertiary/aromatic N) is 1. The highest BCUT2D eigenvalue weighted by atomic mass is 32.1. The van der Waals surface area contributed by atoms with Crippen molar-refractivity contribution in [2.45, 2.75) is 33.1 Å². The summed E-state index contributed by atoms with van der Waals surface area (Å²) in [6, 6.07) is 0. The first kappa shape index (κ1) is 14.8. The summed E-state index contributed by atoms with van der Waals surface area (Å²) in [4.78, 5) is 25.9. The van der Waals surface area contributed by atoms with Crippen molar-refractivity contribution in [3.8, 4) is 0 Å². The highest BCUT2D eigenvalue weighted by Gasteiger charge is 2.28. The van der Waals surface area contributed by atoms with Gasteiger partial charge in [-0.05, 0) is 18.8 Å². The first-order valence-electron chi connectivity index (χ1n) is 6.93. The Morgan fingerprint density at radius 3 is 2.70 bits per heavy atom. The fourth-order valence-electron chi connectivity index (χ4n) is 2.74. The Morgan fingerprint density at radius 2 is 2.15 bits per heavy atom. The van der Waals surface area contributed by atoms with E-state index in [0.29, 0.717) is 16.4 Å². The molecule has 1 aromatic heterocycles. The molecular weight excluding hydrogens is 274 g/mol. The van der Waals surface area contributed by atoms with Crippen molar-refractivity contribution in [3.05, 3.63) is 10.4 Å². The Morgan fingerprint density at radius 1 is 1.45 bits per heavy atom. The molecular formula is C14H21N3O2S. The maximum Gasteiger partial charge on any atom is 0.253 e. The van der Waals surface area contributed by atoms with Gasteiger partial charge in [-0.3, -0.25) is 9.59 Å². The van der Waals surface area contributed by atoms with Crippen LogP contribution in [0.4, 0.5) is 10.7 Å². The van der Waals surface area contributed by atoms with E-state index in [1.54, 1.807) is 0 Å². The average Bonchev–Trinajstić information content (AvgIpc) is 2.76. The molecule has 0 aromatic carbocycles. The predicted molar refractivity (Wildman–Crippen MR) is 82.5 cm³/mol. The summed E-state index contributed by atoms with van der Waals surface area (Å²) in [5, 5.41) is 0.762. The van der Waals surface area contributed by atoms with Crippen LogP contribution in [0.15, 0.2) is 0 Å². The molecule has 1 saturated heterocycles. The molecule has 2 heterocycles. The van der Waals surface area contributed by atoms with E-state index in [1.165, 1.54) is 24.7 Å². The number of hydrogen-bond donors (Lipinski definition) is 2. The van der Waals surface area contributed by atoms with Gasteiger partial charge in [-0.25, -0.2) is 0 Å². The van der Waals surface area contributed by atoms with Crippen LogP contribution in [0.3, 0.4) is 0 Å². The highest BCUT2D eigenvalue weighted by molar-refractivity contribution is 7.19. The number of primary amides is 1. The van der Waals surface area contributed by atoms with Gasteiger partial charge >= 0.3 is 0 Å². The number of nitrogens with two attached hydrogens (primary N) is 2. The fraction of sp³-hybridized carbons (Fsp3) is 0.571. The molecule has 1 fully saturated rings. The Kier molecular flexibility index (Phi) is 4.32. The third-order valence-electron chi connectivity index (χ3n) is 3.88. The summed E-state index contributed by atoms with van der Waals surface area (Å²) in [5.74, 6) is -0.0567. The van der Waals surface area contributed by atoms with Gasteiger partial charge < -0.3 is 16.4 Å². The zero-order valence-corrected chi connectivity index (χ0v) is 12.8. The molecule has 1 aliphatic rings. The summed E-state index contributed by atoms with van der Waals surface area (Å²) in [6.07, 6.45) is 3.41. The lowest BCUT2D eigenvalue weighted by Gasteiger charge is -2.33. The van der Waals surface area contributed by atoms with Crippen LogP contribution in [0.2, 0.25) is 0 Å². The third kappa shape index (κ3) is 2.65. The Balaban J connectivity index is 2.42. The van der Waals surface area contributed by atoms with Gasteiger partial charge in [0.05, 0.1) is 16.1 Å². The van der Waals surface area contributed by atoms with E-state index in [-0.39, 0.29) is 11.5 Å². The molecule has 1 amide bonds. The molecule has 0 spiro atoms. The largest absolute Gasteiger partial charge is 0.397 e. The summed E-state index contributed by atoms with van der Waals surface area (Å²) in [6.45, 7) is 5.41. The number of hydrogen-bond acceptors (Lipinski definition) is 5. The van der Waals surface area contributed by atoms with Crippen molar-refractivity contribution >= 4 is 33.7 Å². The predicted octanol–water partition coefficient (Wildman–Crippen LogP) is 2.26. The third-order valence-corrected chi connectivity index (χ3v) is 5.24. The molecule has 110 valence electrons. The SMILES string of the molecule is CCC1CCCN(c2sc(C(C)=O)c(N)c2C(N)=O)C1. The van der Waals surface area contributed by atoms with Crippen molar-refractivity contribution < 1.29 is 9.59 Å². The highest BCUT2D eigenvalue weighted by Crippen LogP contribution is 2.40. The minimum Gasteiger partial charge on any atom is -0.397 e. The number of nitrogen functional groups attached to an aromatic ring is 1. The molecule has 1 unspecified atom stereocenters. The lowest BCUT2D eigenvalue weighted by molar-refractivity contribution is 0.100. The molecule has 2 rings (SSSR count). The quantitative estimate of drug-likeness (QED) is 0.834. The van der Waals surface area contributed by atoms with Gasteiger partial charge in [0.2, 0.25) is 0 Å². The summed E-state index contributed by atoms with van der Waals surface area (Å²) < 4.78 is 0. The molecule has 1 aromatic rings. The molecule has 1 atom stereocenters. The first-order valence-corrected chi connectivity index (χ1v) is 7.75. The number of amides is 1. The second kappa shape index (κ2) is 5.83. The molecule has 0 aliphatic carbocycles. The smallest absolute Gasteiger partial charge is 0.253 e. The van der Waals surface area contributed by atoms with Crippen LogP contribution in [-0.2, 0) is 0 Å².